The maximum absolute atomic E-state index is 12.7. The van der Waals surface area contributed by atoms with Gasteiger partial charge < -0.3 is 15.5 Å². The minimum absolute atomic E-state index is 0.0860. The van der Waals surface area contributed by atoms with Gasteiger partial charge in [-0.05, 0) is 42.0 Å². The number of carbonyl (C=O) groups is 2. The summed E-state index contributed by atoms with van der Waals surface area (Å²) in [5.74, 6) is -0.356. The molecule has 0 bridgehead atoms. The second kappa shape index (κ2) is 9.66. The van der Waals surface area contributed by atoms with Gasteiger partial charge in [0.25, 0.3) is 11.8 Å². The summed E-state index contributed by atoms with van der Waals surface area (Å²) in [7, 11) is 1.94. The molecule has 1 aliphatic heterocycles. The highest BCUT2D eigenvalue weighted by Gasteiger charge is 2.22. The van der Waals surface area contributed by atoms with Crippen molar-refractivity contribution >= 4 is 23.2 Å². The lowest BCUT2D eigenvalue weighted by Gasteiger charge is -2.35. The van der Waals surface area contributed by atoms with Crippen LogP contribution in [0.15, 0.2) is 78.9 Å². The highest BCUT2D eigenvalue weighted by atomic mass is 16.2. The first-order chi connectivity index (χ1) is 15.5. The molecule has 0 saturated carbocycles. The SMILES string of the molecule is CN(c1ccccc1)c1cc(CN2CCN(C(=O)c3ccccc3)CC2)ccc1C(N)=O. The molecule has 6 heteroatoms. The van der Waals surface area contributed by atoms with E-state index < -0.39 is 5.91 Å². The molecular formula is C26H28N4O2. The third-order valence-electron chi connectivity index (χ3n) is 5.92. The molecule has 3 aromatic rings. The van der Waals surface area contributed by atoms with Crippen molar-refractivity contribution < 1.29 is 9.59 Å². The van der Waals surface area contributed by atoms with Gasteiger partial charge in [0.2, 0.25) is 0 Å². The lowest BCUT2D eigenvalue weighted by molar-refractivity contribution is 0.0628. The second-order valence-corrected chi connectivity index (χ2v) is 8.04. The van der Waals surface area contributed by atoms with Crippen LogP contribution in [0.1, 0.15) is 26.3 Å². The maximum atomic E-state index is 12.7. The maximum Gasteiger partial charge on any atom is 0.253 e. The Kier molecular flexibility index (Phi) is 6.52. The van der Waals surface area contributed by atoms with E-state index in [9.17, 15) is 9.59 Å². The van der Waals surface area contributed by atoms with E-state index in [0.29, 0.717) is 18.7 Å². The summed E-state index contributed by atoms with van der Waals surface area (Å²) in [6.45, 7) is 3.76. The zero-order chi connectivity index (χ0) is 22.5. The first-order valence-corrected chi connectivity index (χ1v) is 10.8. The molecule has 0 atom stereocenters. The van der Waals surface area contributed by atoms with E-state index in [2.05, 4.69) is 4.90 Å². The van der Waals surface area contributed by atoms with Crippen molar-refractivity contribution in [1.82, 2.24) is 9.80 Å². The van der Waals surface area contributed by atoms with Gasteiger partial charge >= 0.3 is 0 Å². The molecule has 0 aliphatic carbocycles. The van der Waals surface area contributed by atoms with E-state index in [4.69, 9.17) is 5.73 Å². The van der Waals surface area contributed by atoms with Crippen LogP contribution in [0, 0.1) is 0 Å². The molecular weight excluding hydrogens is 400 g/mol. The molecule has 32 heavy (non-hydrogen) atoms. The molecule has 2 amide bonds. The Morgan fingerprint density at radius 1 is 0.875 bits per heavy atom. The molecule has 0 radical (unpaired) electrons. The number of anilines is 2. The molecule has 1 fully saturated rings. The zero-order valence-electron chi connectivity index (χ0n) is 18.3. The first-order valence-electron chi connectivity index (χ1n) is 10.8. The Bertz CT molecular complexity index is 1080. The average Bonchev–Trinajstić information content (AvgIpc) is 2.84. The summed E-state index contributed by atoms with van der Waals surface area (Å²) in [6.07, 6.45) is 0. The summed E-state index contributed by atoms with van der Waals surface area (Å²) in [4.78, 5) is 30.9. The average molecular weight is 429 g/mol. The number of carbonyl (C=O) groups excluding carboxylic acids is 2. The minimum Gasteiger partial charge on any atom is -0.366 e. The van der Waals surface area contributed by atoms with E-state index in [1.165, 1.54) is 0 Å². The molecule has 0 spiro atoms. The monoisotopic (exact) mass is 428 g/mol. The van der Waals surface area contributed by atoms with Gasteiger partial charge in [0.15, 0.2) is 0 Å². The van der Waals surface area contributed by atoms with Crippen LogP contribution >= 0.6 is 0 Å². The molecule has 1 aliphatic rings. The van der Waals surface area contributed by atoms with Crippen molar-refractivity contribution in [2.45, 2.75) is 6.54 Å². The van der Waals surface area contributed by atoms with Crippen molar-refractivity contribution in [3.63, 3.8) is 0 Å². The van der Waals surface area contributed by atoms with Gasteiger partial charge in [-0.2, -0.15) is 0 Å². The van der Waals surface area contributed by atoms with Crippen LogP contribution in [-0.4, -0.2) is 54.8 Å². The molecule has 1 saturated heterocycles. The Morgan fingerprint density at radius 2 is 1.50 bits per heavy atom. The molecule has 0 aromatic heterocycles. The number of amides is 2. The van der Waals surface area contributed by atoms with Crippen molar-refractivity contribution in [1.29, 1.82) is 0 Å². The first kappa shape index (κ1) is 21.6. The van der Waals surface area contributed by atoms with E-state index >= 15 is 0 Å². The van der Waals surface area contributed by atoms with Crippen LogP contribution < -0.4 is 10.6 Å². The molecule has 6 nitrogen and oxygen atoms in total. The Hall–Kier alpha value is -3.64. The number of para-hydroxylation sites is 1. The van der Waals surface area contributed by atoms with E-state index in [0.717, 1.165) is 42.1 Å². The Labute approximate surface area is 188 Å². The van der Waals surface area contributed by atoms with Crippen LogP contribution in [-0.2, 0) is 6.54 Å². The molecule has 0 unspecified atom stereocenters. The summed E-state index contributed by atoms with van der Waals surface area (Å²) in [6, 6.07) is 25.1. The van der Waals surface area contributed by atoms with Crippen molar-refractivity contribution in [2.24, 2.45) is 5.73 Å². The number of primary amides is 1. The fourth-order valence-electron chi connectivity index (χ4n) is 4.08. The topological polar surface area (TPSA) is 69.9 Å². The van der Waals surface area contributed by atoms with Gasteiger partial charge in [-0.25, -0.2) is 0 Å². The summed E-state index contributed by atoms with van der Waals surface area (Å²) < 4.78 is 0. The van der Waals surface area contributed by atoms with Crippen molar-refractivity contribution in [3.8, 4) is 0 Å². The normalized spacial score (nSPS) is 14.2. The minimum atomic E-state index is -0.442. The molecule has 1 heterocycles. The molecule has 4 rings (SSSR count). The van der Waals surface area contributed by atoms with Crippen LogP contribution in [0.4, 0.5) is 11.4 Å². The standard InChI is InChI=1S/C26H28N4O2/c1-28(22-10-6-3-7-11-22)24-18-20(12-13-23(24)25(27)31)19-29-14-16-30(17-15-29)26(32)21-8-4-2-5-9-21/h2-13,18H,14-17,19H2,1H3,(H2,27,31). The number of nitrogens with zero attached hydrogens (tertiary/aromatic N) is 3. The number of hydrogen-bond donors (Lipinski definition) is 1. The highest BCUT2D eigenvalue weighted by molar-refractivity contribution is 5.99. The summed E-state index contributed by atoms with van der Waals surface area (Å²) >= 11 is 0. The van der Waals surface area contributed by atoms with Gasteiger partial charge in [0, 0.05) is 51.0 Å². The van der Waals surface area contributed by atoms with E-state index in [1.807, 2.05) is 95.7 Å². The van der Waals surface area contributed by atoms with Gasteiger partial charge in [-0.3, -0.25) is 14.5 Å². The third kappa shape index (κ3) is 4.81. The van der Waals surface area contributed by atoms with Crippen LogP contribution in [0.25, 0.3) is 0 Å². The number of hydrogen-bond acceptors (Lipinski definition) is 4. The fraction of sp³-hybridized carbons (Fsp3) is 0.231. The largest absolute Gasteiger partial charge is 0.366 e. The van der Waals surface area contributed by atoms with Crippen LogP contribution in [0.3, 0.4) is 0 Å². The van der Waals surface area contributed by atoms with Gasteiger partial charge in [-0.1, -0.05) is 42.5 Å². The second-order valence-electron chi connectivity index (χ2n) is 8.04. The number of rotatable bonds is 6. The summed E-state index contributed by atoms with van der Waals surface area (Å²) in [5.41, 5.74) is 9.76. The lowest BCUT2D eigenvalue weighted by atomic mass is 10.1. The van der Waals surface area contributed by atoms with Gasteiger partial charge in [0.1, 0.15) is 0 Å². The lowest BCUT2D eigenvalue weighted by Crippen LogP contribution is -2.48. The Morgan fingerprint density at radius 3 is 2.12 bits per heavy atom. The third-order valence-corrected chi connectivity index (χ3v) is 5.92. The quantitative estimate of drug-likeness (QED) is 0.652. The fourth-order valence-corrected chi connectivity index (χ4v) is 4.08. The molecule has 2 N–H and O–H groups in total. The summed E-state index contributed by atoms with van der Waals surface area (Å²) in [5, 5.41) is 0. The van der Waals surface area contributed by atoms with Crippen molar-refractivity contribution in [2.75, 3.05) is 38.1 Å². The highest BCUT2D eigenvalue weighted by Crippen LogP contribution is 2.28. The number of piperazine rings is 1. The van der Waals surface area contributed by atoms with Crippen molar-refractivity contribution in [3.05, 3.63) is 95.6 Å². The van der Waals surface area contributed by atoms with Crippen LogP contribution in [0.5, 0.6) is 0 Å². The zero-order valence-corrected chi connectivity index (χ0v) is 18.3. The van der Waals surface area contributed by atoms with Crippen LogP contribution in [0.2, 0.25) is 0 Å². The predicted octanol–water partition coefficient (Wildman–Crippen LogP) is 3.51. The smallest absolute Gasteiger partial charge is 0.253 e. The predicted molar refractivity (Wildman–Crippen MR) is 127 cm³/mol. The van der Waals surface area contributed by atoms with E-state index in [1.54, 1.807) is 0 Å². The molecule has 164 valence electrons. The van der Waals surface area contributed by atoms with Gasteiger partial charge in [-0.15, -0.1) is 0 Å². The number of benzene rings is 3. The van der Waals surface area contributed by atoms with E-state index in [-0.39, 0.29) is 5.91 Å². The van der Waals surface area contributed by atoms with Gasteiger partial charge in [0.05, 0.1) is 11.3 Å². The Balaban J connectivity index is 1.45. The number of nitrogens with two attached hydrogens (primary N) is 1. The molecule has 3 aromatic carbocycles.